The Bertz CT molecular complexity index is 1090. The molecule has 0 unspecified atom stereocenters. The van der Waals surface area contributed by atoms with E-state index in [2.05, 4.69) is 48.4 Å². The molecule has 3 aliphatic rings. The molecule has 2 saturated heterocycles. The summed E-state index contributed by atoms with van der Waals surface area (Å²) in [6.45, 7) is 6.60. The number of hydrogen-bond acceptors (Lipinski definition) is 8. The van der Waals surface area contributed by atoms with Crippen LogP contribution >= 0.6 is 11.6 Å². The van der Waals surface area contributed by atoms with Crippen molar-refractivity contribution in [2.24, 2.45) is 15.9 Å². The summed E-state index contributed by atoms with van der Waals surface area (Å²) in [4.78, 5) is 14.0. The fourth-order valence-electron chi connectivity index (χ4n) is 5.00. The number of likely N-dealkylation sites (tertiary alicyclic amines) is 1. The number of halogens is 1. The summed E-state index contributed by atoms with van der Waals surface area (Å²) in [6.07, 6.45) is 3.78. The van der Waals surface area contributed by atoms with Gasteiger partial charge in [0.1, 0.15) is 17.8 Å². The lowest BCUT2D eigenvalue weighted by Crippen LogP contribution is -2.55. The number of nitrogens with two attached hydrogens (primary N) is 1. The number of morpholine rings is 1. The van der Waals surface area contributed by atoms with E-state index in [1.165, 1.54) is 5.56 Å². The number of amidine groups is 2. The number of piperidine rings is 1. The molecule has 11 heteroatoms. The highest BCUT2D eigenvalue weighted by Crippen LogP contribution is 2.31. The topological polar surface area (TPSA) is 132 Å². The van der Waals surface area contributed by atoms with Gasteiger partial charge in [0.15, 0.2) is 0 Å². The van der Waals surface area contributed by atoms with Crippen LogP contribution in [0.3, 0.4) is 0 Å². The highest BCUT2D eigenvalue weighted by Gasteiger charge is 2.37. The number of aromatic nitrogens is 2. The van der Waals surface area contributed by atoms with Crippen LogP contribution in [0.5, 0.6) is 0 Å². The first-order valence-electron chi connectivity index (χ1n) is 12.3. The lowest BCUT2D eigenvalue weighted by molar-refractivity contribution is -0.134. The molecule has 4 N–H and O–H groups in total. The Labute approximate surface area is 216 Å². The average Bonchev–Trinajstić information content (AvgIpc) is 3.49. The van der Waals surface area contributed by atoms with Gasteiger partial charge >= 0.3 is 0 Å². The predicted molar refractivity (Wildman–Crippen MR) is 139 cm³/mol. The zero-order valence-corrected chi connectivity index (χ0v) is 21.5. The number of nitrogens with zero attached hydrogens (tertiary/aromatic N) is 5. The lowest BCUT2D eigenvalue weighted by atomic mass is 9.95. The summed E-state index contributed by atoms with van der Waals surface area (Å²) in [7, 11) is 0. The first-order valence-corrected chi connectivity index (χ1v) is 12.6. The second-order valence-electron chi connectivity index (χ2n) is 9.50. The maximum absolute atomic E-state index is 9.00. The smallest absolute Gasteiger partial charge is 0.300 e. The standard InChI is InChI=1S/C23H30ClN7O.C2H4O2/c1-15-10-20(27-26-15)21-13-31(19(14-32-21)11-16-2-4-17(24)5-3-16)18-6-8-30(9-7-18)23-12-22(25)28-29-23;1-2(3)4/h2-5,10,18-19,21H,6-9,11-14H2,1H3,(H2,25,28)(H,26,27);1H3,(H,3,4)/t19-,21+;/m0./s1. The monoisotopic (exact) mass is 515 g/mol. The molecule has 3 aliphatic heterocycles. The summed E-state index contributed by atoms with van der Waals surface area (Å²) in [6, 6.07) is 11.1. The van der Waals surface area contributed by atoms with Crippen LogP contribution in [0.4, 0.5) is 0 Å². The normalized spacial score (nSPS) is 23.0. The van der Waals surface area contributed by atoms with Crippen molar-refractivity contribution in [2.75, 3.05) is 26.2 Å². The Morgan fingerprint density at radius 1 is 1.25 bits per heavy atom. The quantitative estimate of drug-likeness (QED) is 0.570. The van der Waals surface area contributed by atoms with Crippen LogP contribution < -0.4 is 5.73 Å². The first-order chi connectivity index (χ1) is 17.3. The minimum atomic E-state index is -0.833. The van der Waals surface area contributed by atoms with E-state index < -0.39 is 5.97 Å². The highest BCUT2D eigenvalue weighted by atomic mass is 35.5. The van der Waals surface area contributed by atoms with Crippen molar-refractivity contribution in [1.29, 1.82) is 0 Å². The van der Waals surface area contributed by atoms with Gasteiger partial charge in [-0.2, -0.15) is 5.10 Å². The zero-order chi connectivity index (χ0) is 25.7. The van der Waals surface area contributed by atoms with E-state index >= 15 is 0 Å². The van der Waals surface area contributed by atoms with E-state index in [0.29, 0.717) is 30.9 Å². The minimum absolute atomic E-state index is 0.00754. The Morgan fingerprint density at radius 3 is 2.53 bits per heavy atom. The zero-order valence-electron chi connectivity index (χ0n) is 20.7. The molecule has 0 aliphatic carbocycles. The molecule has 2 aromatic rings. The largest absolute Gasteiger partial charge is 0.481 e. The number of H-pyrrole nitrogens is 1. The third kappa shape index (κ3) is 6.83. The van der Waals surface area contributed by atoms with Gasteiger partial charge in [-0.25, -0.2) is 0 Å². The number of hydrogen-bond donors (Lipinski definition) is 3. The molecule has 10 nitrogen and oxygen atoms in total. The molecule has 2 atom stereocenters. The summed E-state index contributed by atoms with van der Waals surface area (Å²) >= 11 is 6.09. The van der Waals surface area contributed by atoms with Crippen molar-refractivity contribution >= 4 is 29.2 Å². The molecule has 1 aromatic heterocycles. The Balaban J connectivity index is 0.000000709. The van der Waals surface area contributed by atoms with Crippen LogP contribution in [-0.2, 0) is 16.0 Å². The molecule has 4 heterocycles. The van der Waals surface area contributed by atoms with Crippen molar-refractivity contribution in [1.82, 2.24) is 20.0 Å². The van der Waals surface area contributed by atoms with E-state index in [1.807, 2.05) is 19.1 Å². The number of ether oxygens (including phenoxy) is 1. The van der Waals surface area contributed by atoms with Gasteiger partial charge in [0, 0.05) is 49.4 Å². The fourth-order valence-corrected chi connectivity index (χ4v) is 5.13. The Kier molecular flexibility index (Phi) is 8.60. The number of carbonyl (C=O) groups is 1. The SMILES string of the molecule is CC(=O)O.Cc1cc([C@H]2CN(C3CCN(C4=NN=C(N)C4)CC3)[C@@H](Cc3ccc(Cl)cc3)CO2)n[nH]1. The molecule has 194 valence electrons. The third-order valence-electron chi connectivity index (χ3n) is 6.71. The Morgan fingerprint density at radius 2 is 1.94 bits per heavy atom. The van der Waals surface area contributed by atoms with E-state index in [9.17, 15) is 0 Å². The second kappa shape index (κ2) is 11.9. The van der Waals surface area contributed by atoms with Gasteiger partial charge in [-0.3, -0.25) is 14.8 Å². The molecule has 36 heavy (non-hydrogen) atoms. The van der Waals surface area contributed by atoms with Crippen LogP contribution in [-0.4, -0.2) is 81.1 Å². The van der Waals surface area contributed by atoms with Crippen LogP contribution in [0.15, 0.2) is 40.5 Å². The summed E-state index contributed by atoms with van der Waals surface area (Å²) in [5.41, 5.74) is 9.15. The number of carboxylic acid groups (broad SMARTS) is 1. The van der Waals surface area contributed by atoms with E-state index in [4.69, 9.17) is 32.0 Å². The number of carboxylic acids is 1. The molecule has 0 saturated carbocycles. The van der Waals surface area contributed by atoms with Crippen LogP contribution in [0.25, 0.3) is 0 Å². The molecular weight excluding hydrogens is 482 g/mol. The maximum atomic E-state index is 9.00. The molecule has 5 rings (SSSR count). The van der Waals surface area contributed by atoms with E-state index in [0.717, 1.165) is 68.1 Å². The van der Waals surface area contributed by atoms with Gasteiger partial charge in [0.25, 0.3) is 5.97 Å². The number of aliphatic carboxylic acids is 1. The predicted octanol–water partition coefficient (Wildman–Crippen LogP) is 2.99. The van der Waals surface area contributed by atoms with Crippen LogP contribution in [0.2, 0.25) is 5.02 Å². The summed E-state index contributed by atoms with van der Waals surface area (Å²) < 4.78 is 6.31. The first kappa shape index (κ1) is 26.1. The van der Waals surface area contributed by atoms with Gasteiger partial charge < -0.3 is 20.5 Å². The molecule has 0 bridgehead atoms. The van der Waals surface area contributed by atoms with Crippen molar-refractivity contribution in [2.45, 2.75) is 57.7 Å². The van der Waals surface area contributed by atoms with Gasteiger partial charge in [0.2, 0.25) is 0 Å². The number of aromatic amines is 1. The molecular formula is C25H34ClN7O3. The number of aryl methyl sites for hydroxylation is 1. The Hall–Kier alpha value is -2.95. The van der Waals surface area contributed by atoms with E-state index in [1.54, 1.807) is 0 Å². The minimum Gasteiger partial charge on any atom is -0.481 e. The van der Waals surface area contributed by atoms with Crippen LogP contribution in [0.1, 0.15) is 49.2 Å². The van der Waals surface area contributed by atoms with Crippen molar-refractivity contribution in [3.63, 3.8) is 0 Å². The number of nitrogens with one attached hydrogen (secondary N) is 1. The van der Waals surface area contributed by atoms with Crippen LogP contribution in [0, 0.1) is 6.92 Å². The van der Waals surface area contributed by atoms with Crippen molar-refractivity contribution < 1.29 is 14.6 Å². The molecule has 2 fully saturated rings. The van der Waals surface area contributed by atoms with E-state index in [-0.39, 0.29) is 6.10 Å². The number of benzene rings is 1. The van der Waals surface area contributed by atoms with Gasteiger partial charge in [-0.15, -0.1) is 10.2 Å². The molecule has 0 spiro atoms. The van der Waals surface area contributed by atoms with Gasteiger partial charge in [-0.1, -0.05) is 23.7 Å². The average molecular weight is 516 g/mol. The summed E-state index contributed by atoms with van der Waals surface area (Å²) in [5, 5.41) is 24.0. The van der Waals surface area contributed by atoms with Gasteiger partial charge in [-0.05, 0) is 49.9 Å². The molecule has 1 aromatic carbocycles. The third-order valence-corrected chi connectivity index (χ3v) is 6.96. The van der Waals surface area contributed by atoms with Crippen molar-refractivity contribution in [3.05, 3.63) is 52.3 Å². The fraction of sp³-hybridized carbons (Fsp3) is 0.520. The maximum Gasteiger partial charge on any atom is 0.300 e. The molecule has 0 amide bonds. The second-order valence-corrected chi connectivity index (χ2v) is 9.94. The van der Waals surface area contributed by atoms with Gasteiger partial charge in [0.05, 0.1) is 18.7 Å². The molecule has 0 radical (unpaired) electrons. The lowest BCUT2D eigenvalue weighted by Gasteiger charge is -2.46. The van der Waals surface area contributed by atoms with Crippen molar-refractivity contribution in [3.8, 4) is 0 Å². The highest BCUT2D eigenvalue weighted by molar-refractivity contribution is 6.30. The number of rotatable bonds is 4. The summed E-state index contributed by atoms with van der Waals surface area (Å²) in [5.74, 6) is 0.779.